The molecule has 0 radical (unpaired) electrons. The van der Waals surface area contributed by atoms with E-state index in [1.807, 2.05) is 0 Å². The van der Waals surface area contributed by atoms with Gasteiger partial charge in [-0.3, -0.25) is 0 Å². The number of phenols is 1. The molecule has 0 aromatic heterocycles. The number of rotatable bonds is 1. The number of hydrogen-bond donors (Lipinski definition) is 2. The Kier molecular flexibility index (Phi) is 4.18. The number of carboxylic acids is 1. The summed E-state index contributed by atoms with van der Waals surface area (Å²) in [5.41, 5.74) is 0.0972. The van der Waals surface area contributed by atoms with Crippen LogP contribution in [0.3, 0.4) is 0 Å². The summed E-state index contributed by atoms with van der Waals surface area (Å²) in [5, 5.41) is 17.2. The van der Waals surface area contributed by atoms with Gasteiger partial charge in [0.15, 0.2) is 0 Å². The van der Waals surface area contributed by atoms with Crippen LogP contribution in [0, 0.1) is 0 Å². The summed E-state index contributed by atoms with van der Waals surface area (Å²) in [6, 6.07) is 5.52. The van der Waals surface area contributed by atoms with Crippen LogP contribution in [0.4, 0.5) is 0 Å². The third-order valence-electron chi connectivity index (χ3n) is 1.09. The predicted molar refractivity (Wildman–Crippen MR) is 42.2 cm³/mol. The first-order valence-electron chi connectivity index (χ1n) is 2.72. The van der Waals surface area contributed by atoms with E-state index in [0.717, 1.165) is 0 Å². The van der Waals surface area contributed by atoms with Crippen LogP contribution in [0.15, 0.2) is 24.3 Å². The molecular weight excluding hydrogens is 155 g/mol. The van der Waals surface area contributed by atoms with Gasteiger partial charge in [0, 0.05) is 0 Å². The van der Waals surface area contributed by atoms with Gasteiger partial charge in [0.2, 0.25) is 0 Å². The fourth-order valence-corrected chi connectivity index (χ4v) is 0.639. The second kappa shape index (κ2) is 4.38. The van der Waals surface area contributed by atoms with Crippen molar-refractivity contribution in [3.05, 3.63) is 29.8 Å². The van der Waals surface area contributed by atoms with Crippen molar-refractivity contribution in [1.82, 2.24) is 0 Å². The van der Waals surface area contributed by atoms with Crippen LogP contribution in [-0.2, 0) is 0 Å². The van der Waals surface area contributed by atoms with Crippen LogP contribution in [0.25, 0.3) is 0 Å². The molecule has 0 unspecified atom stereocenters. The van der Waals surface area contributed by atoms with E-state index in [1.165, 1.54) is 24.3 Å². The molecule has 0 spiro atoms. The zero-order chi connectivity index (χ0) is 7.56. The molecule has 0 atom stereocenters. The molecule has 1 rings (SSSR count). The Balaban J connectivity index is 0.000001000. The molecular formula is C7H7NaO3. The molecule has 2 N–H and O–H groups in total. The van der Waals surface area contributed by atoms with E-state index in [2.05, 4.69) is 0 Å². The molecule has 1 aromatic carbocycles. The molecule has 0 heterocycles. The first-order chi connectivity index (χ1) is 4.70. The molecule has 0 aliphatic heterocycles. The second-order valence-electron chi connectivity index (χ2n) is 1.86. The molecule has 0 aliphatic carbocycles. The summed E-state index contributed by atoms with van der Waals surface area (Å²) in [5.74, 6) is -1.06. The standard InChI is InChI=1S/C7H6O3.Na.H/c8-6-3-1-2-5(4-6)7(9)10;;/h1-4,8H,(H,9,10);;. The molecule has 3 nitrogen and oxygen atoms in total. The third kappa shape index (κ3) is 2.93. The summed E-state index contributed by atoms with van der Waals surface area (Å²) >= 11 is 0. The van der Waals surface area contributed by atoms with E-state index in [1.54, 1.807) is 0 Å². The average molecular weight is 162 g/mol. The second-order valence-corrected chi connectivity index (χ2v) is 1.86. The van der Waals surface area contributed by atoms with Crippen LogP contribution < -0.4 is 0 Å². The van der Waals surface area contributed by atoms with E-state index in [-0.39, 0.29) is 40.9 Å². The van der Waals surface area contributed by atoms with Gasteiger partial charge in [0.05, 0.1) is 5.56 Å². The fourth-order valence-electron chi connectivity index (χ4n) is 0.639. The number of aromatic carboxylic acids is 1. The molecule has 4 heteroatoms. The molecule has 1 aromatic rings. The Labute approximate surface area is 86.0 Å². The minimum atomic E-state index is -1.03. The number of aromatic hydroxyl groups is 1. The summed E-state index contributed by atoms with van der Waals surface area (Å²) in [7, 11) is 0. The zero-order valence-corrected chi connectivity index (χ0v) is 5.11. The van der Waals surface area contributed by atoms with E-state index in [4.69, 9.17) is 10.2 Å². The topological polar surface area (TPSA) is 57.5 Å². The van der Waals surface area contributed by atoms with E-state index < -0.39 is 5.97 Å². The van der Waals surface area contributed by atoms with Crippen molar-refractivity contribution in [2.45, 2.75) is 0 Å². The van der Waals surface area contributed by atoms with Crippen LogP contribution in [-0.4, -0.2) is 45.7 Å². The summed E-state index contributed by atoms with van der Waals surface area (Å²) in [4.78, 5) is 10.2. The monoisotopic (exact) mass is 162 g/mol. The van der Waals surface area contributed by atoms with E-state index in [0.29, 0.717) is 0 Å². The number of carbonyl (C=O) groups is 1. The van der Waals surface area contributed by atoms with Crippen molar-refractivity contribution in [2.24, 2.45) is 0 Å². The average Bonchev–Trinajstić information content (AvgIpc) is 1.88. The maximum atomic E-state index is 10.2. The molecule has 11 heavy (non-hydrogen) atoms. The van der Waals surface area contributed by atoms with Crippen molar-refractivity contribution < 1.29 is 15.0 Å². The van der Waals surface area contributed by atoms with Gasteiger partial charge in [-0.05, 0) is 18.2 Å². The first kappa shape index (κ1) is 10.5. The normalized spacial score (nSPS) is 8.36. The SMILES string of the molecule is O=C(O)c1cccc(O)c1.[NaH]. The van der Waals surface area contributed by atoms with Gasteiger partial charge in [-0.1, -0.05) is 6.07 Å². The van der Waals surface area contributed by atoms with E-state index in [9.17, 15) is 4.79 Å². The predicted octanol–water partition coefficient (Wildman–Crippen LogP) is 0.442. The zero-order valence-electron chi connectivity index (χ0n) is 5.11. The molecule has 54 valence electrons. The van der Waals surface area contributed by atoms with Gasteiger partial charge in [-0.25, -0.2) is 4.79 Å². The number of benzene rings is 1. The fraction of sp³-hybridized carbons (Fsp3) is 0. The Morgan fingerprint density at radius 3 is 2.36 bits per heavy atom. The molecule has 0 fully saturated rings. The van der Waals surface area contributed by atoms with Gasteiger partial charge in [0.1, 0.15) is 5.75 Å². The Bertz CT molecular complexity index is 260. The molecule has 0 bridgehead atoms. The molecule has 0 aliphatic rings. The van der Waals surface area contributed by atoms with Crippen LogP contribution in [0.5, 0.6) is 5.75 Å². The van der Waals surface area contributed by atoms with Crippen molar-refractivity contribution in [2.75, 3.05) is 0 Å². The van der Waals surface area contributed by atoms with Crippen LogP contribution >= 0.6 is 0 Å². The Morgan fingerprint density at radius 1 is 1.36 bits per heavy atom. The van der Waals surface area contributed by atoms with Gasteiger partial charge in [-0.2, -0.15) is 0 Å². The van der Waals surface area contributed by atoms with E-state index >= 15 is 0 Å². The van der Waals surface area contributed by atoms with Crippen molar-refractivity contribution in [3.63, 3.8) is 0 Å². The number of phenolic OH excluding ortho intramolecular Hbond substituents is 1. The van der Waals surface area contributed by atoms with Gasteiger partial charge in [-0.15, -0.1) is 0 Å². The number of hydrogen-bond acceptors (Lipinski definition) is 2. The molecule has 0 saturated heterocycles. The van der Waals surface area contributed by atoms with Gasteiger partial charge >= 0.3 is 35.5 Å². The summed E-state index contributed by atoms with van der Waals surface area (Å²) in [6.45, 7) is 0. The van der Waals surface area contributed by atoms with Gasteiger partial charge < -0.3 is 10.2 Å². The first-order valence-corrected chi connectivity index (χ1v) is 2.72. The van der Waals surface area contributed by atoms with Gasteiger partial charge in [0.25, 0.3) is 0 Å². The van der Waals surface area contributed by atoms with Crippen LogP contribution in [0.2, 0.25) is 0 Å². The third-order valence-corrected chi connectivity index (χ3v) is 1.09. The Morgan fingerprint density at radius 2 is 2.00 bits per heavy atom. The summed E-state index contributed by atoms with van der Waals surface area (Å²) < 4.78 is 0. The quantitative estimate of drug-likeness (QED) is 0.589. The van der Waals surface area contributed by atoms with Crippen molar-refractivity contribution in [1.29, 1.82) is 0 Å². The minimum absolute atomic E-state index is 0. The maximum absolute atomic E-state index is 10.2. The van der Waals surface area contributed by atoms with Crippen molar-refractivity contribution >= 4 is 35.5 Å². The Hall–Kier alpha value is -0.510. The number of carboxylic acid groups (broad SMARTS) is 1. The van der Waals surface area contributed by atoms with Crippen molar-refractivity contribution in [3.8, 4) is 5.75 Å². The summed E-state index contributed by atoms with van der Waals surface area (Å²) in [6.07, 6.45) is 0. The van der Waals surface area contributed by atoms with Crippen LogP contribution in [0.1, 0.15) is 10.4 Å². The molecule has 0 saturated carbocycles. The molecule has 0 amide bonds.